The Hall–Kier alpha value is -2.99. The second kappa shape index (κ2) is 7.93. The van der Waals surface area contributed by atoms with E-state index in [1.807, 2.05) is 0 Å². The summed E-state index contributed by atoms with van der Waals surface area (Å²) < 4.78 is 14.4. The molecule has 0 bridgehead atoms. The van der Waals surface area contributed by atoms with E-state index in [9.17, 15) is 14.0 Å². The number of nitrogens with zero attached hydrogens (tertiary/aromatic N) is 2. The second-order valence-corrected chi connectivity index (χ2v) is 5.96. The van der Waals surface area contributed by atoms with Crippen molar-refractivity contribution in [2.24, 2.45) is 0 Å². The zero-order valence-electron chi connectivity index (χ0n) is 13.7. The van der Waals surface area contributed by atoms with Crippen molar-refractivity contribution < 1.29 is 9.18 Å². The predicted molar refractivity (Wildman–Crippen MR) is 97.7 cm³/mol. The van der Waals surface area contributed by atoms with Gasteiger partial charge in [0.05, 0.1) is 22.6 Å². The van der Waals surface area contributed by atoms with Crippen molar-refractivity contribution >= 4 is 17.5 Å². The van der Waals surface area contributed by atoms with E-state index in [2.05, 4.69) is 10.3 Å². The SMILES string of the molecule is O=C(NCCn1cnc(-c2ccc(F)cc2)cc1=O)c1ccccc1Cl. The molecule has 132 valence electrons. The van der Waals surface area contributed by atoms with Crippen LogP contribution in [0.15, 0.2) is 65.7 Å². The number of nitrogens with one attached hydrogen (secondary N) is 1. The van der Waals surface area contributed by atoms with Gasteiger partial charge in [0.1, 0.15) is 5.82 Å². The molecule has 0 unspecified atom stereocenters. The molecule has 0 aliphatic rings. The summed E-state index contributed by atoms with van der Waals surface area (Å²) in [5, 5.41) is 3.08. The van der Waals surface area contributed by atoms with Gasteiger partial charge in [-0.05, 0) is 36.4 Å². The van der Waals surface area contributed by atoms with Crippen molar-refractivity contribution in [2.45, 2.75) is 6.54 Å². The van der Waals surface area contributed by atoms with Gasteiger partial charge in [0.25, 0.3) is 11.5 Å². The topological polar surface area (TPSA) is 64.0 Å². The van der Waals surface area contributed by atoms with Crippen molar-refractivity contribution in [1.29, 1.82) is 0 Å². The van der Waals surface area contributed by atoms with Crippen LogP contribution in [0.1, 0.15) is 10.4 Å². The molecule has 0 aliphatic carbocycles. The molecular weight excluding hydrogens is 357 g/mol. The van der Waals surface area contributed by atoms with Gasteiger partial charge in [-0.15, -0.1) is 0 Å². The van der Waals surface area contributed by atoms with Gasteiger partial charge in [-0.3, -0.25) is 14.2 Å². The third-order valence-corrected chi connectivity index (χ3v) is 4.11. The quantitative estimate of drug-likeness (QED) is 0.749. The number of aromatic nitrogens is 2. The number of amides is 1. The van der Waals surface area contributed by atoms with E-state index in [4.69, 9.17) is 11.6 Å². The molecule has 0 aliphatic heterocycles. The summed E-state index contributed by atoms with van der Waals surface area (Å²) in [5.74, 6) is -0.657. The van der Waals surface area contributed by atoms with Crippen LogP contribution in [0, 0.1) is 5.82 Å². The fourth-order valence-electron chi connectivity index (χ4n) is 2.40. The number of hydrogen-bond donors (Lipinski definition) is 1. The van der Waals surface area contributed by atoms with E-state index in [0.717, 1.165) is 0 Å². The van der Waals surface area contributed by atoms with Gasteiger partial charge in [-0.25, -0.2) is 9.37 Å². The summed E-state index contributed by atoms with van der Waals surface area (Å²) in [4.78, 5) is 28.5. The lowest BCUT2D eigenvalue weighted by atomic mass is 10.1. The lowest BCUT2D eigenvalue weighted by Crippen LogP contribution is -2.31. The van der Waals surface area contributed by atoms with E-state index in [1.54, 1.807) is 36.4 Å². The van der Waals surface area contributed by atoms with Gasteiger partial charge in [-0.2, -0.15) is 0 Å². The Kier molecular flexibility index (Phi) is 5.43. The van der Waals surface area contributed by atoms with Crippen LogP contribution >= 0.6 is 11.6 Å². The van der Waals surface area contributed by atoms with Crippen LogP contribution in [-0.4, -0.2) is 22.0 Å². The van der Waals surface area contributed by atoms with Gasteiger partial charge in [0, 0.05) is 24.7 Å². The maximum absolute atomic E-state index is 13.0. The Labute approximate surface area is 154 Å². The van der Waals surface area contributed by atoms with Crippen LogP contribution in [-0.2, 0) is 6.54 Å². The van der Waals surface area contributed by atoms with Crippen LogP contribution in [0.25, 0.3) is 11.3 Å². The first-order valence-electron chi connectivity index (χ1n) is 7.90. The monoisotopic (exact) mass is 371 g/mol. The molecule has 0 spiro atoms. The number of carbonyl (C=O) groups excluding carboxylic acids is 1. The summed E-state index contributed by atoms with van der Waals surface area (Å²) in [6, 6.07) is 13.9. The van der Waals surface area contributed by atoms with Gasteiger partial charge in [0.15, 0.2) is 0 Å². The maximum atomic E-state index is 13.0. The molecule has 26 heavy (non-hydrogen) atoms. The Bertz CT molecular complexity index is 987. The van der Waals surface area contributed by atoms with Crippen molar-refractivity contribution in [1.82, 2.24) is 14.9 Å². The van der Waals surface area contributed by atoms with Crippen molar-refractivity contribution in [3.63, 3.8) is 0 Å². The first-order valence-corrected chi connectivity index (χ1v) is 8.27. The highest BCUT2D eigenvalue weighted by molar-refractivity contribution is 6.33. The normalized spacial score (nSPS) is 10.5. The highest BCUT2D eigenvalue weighted by Crippen LogP contribution is 2.15. The fraction of sp³-hybridized carbons (Fsp3) is 0.105. The molecule has 7 heteroatoms. The number of rotatable bonds is 5. The summed E-state index contributed by atoms with van der Waals surface area (Å²) in [5.41, 5.74) is 1.24. The number of carbonyl (C=O) groups is 1. The molecule has 5 nitrogen and oxygen atoms in total. The zero-order chi connectivity index (χ0) is 18.5. The summed E-state index contributed by atoms with van der Waals surface area (Å²) in [7, 11) is 0. The zero-order valence-corrected chi connectivity index (χ0v) is 14.4. The molecule has 0 radical (unpaired) electrons. The molecule has 0 saturated carbocycles. The van der Waals surface area contributed by atoms with E-state index >= 15 is 0 Å². The first kappa shape index (κ1) is 17.8. The summed E-state index contributed by atoms with van der Waals surface area (Å²) in [6.07, 6.45) is 1.41. The number of benzene rings is 2. The van der Waals surface area contributed by atoms with E-state index in [-0.39, 0.29) is 30.4 Å². The molecular formula is C19H15ClFN3O2. The molecule has 1 amide bonds. The standard InChI is InChI=1S/C19H15ClFN3O2/c20-16-4-2-1-3-15(16)19(26)22-9-10-24-12-23-17(11-18(24)25)13-5-7-14(21)8-6-13/h1-8,11-12H,9-10H2,(H,22,26). The van der Waals surface area contributed by atoms with Gasteiger partial charge >= 0.3 is 0 Å². The number of hydrogen-bond acceptors (Lipinski definition) is 3. The lowest BCUT2D eigenvalue weighted by Gasteiger charge is -2.09. The molecule has 1 N–H and O–H groups in total. The molecule has 0 saturated heterocycles. The molecule has 2 aromatic carbocycles. The summed E-state index contributed by atoms with van der Waals surface area (Å²) in [6.45, 7) is 0.521. The smallest absolute Gasteiger partial charge is 0.253 e. The van der Waals surface area contributed by atoms with Crippen LogP contribution < -0.4 is 10.9 Å². The Balaban J connectivity index is 1.64. The van der Waals surface area contributed by atoms with Crippen LogP contribution in [0.2, 0.25) is 5.02 Å². The van der Waals surface area contributed by atoms with Crippen LogP contribution in [0.3, 0.4) is 0 Å². The molecule has 1 aromatic heterocycles. The van der Waals surface area contributed by atoms with Crippen molar-refractivity contribution in [3.8, 4) is 11.3 Å². The lowest BCUT2D eigenvalue weighted by molar-refractivity contribution is 0.0952. The minimum absolute atomic E-state index is 0.252. The molecule has 1 heterocycles. The highest BCUT2D eigenvalue weighted by atomic mass is 35.5. The largest absolute Gasteiger partial charge is 0.350 e. The van der Waals surface area contributed by atoms with Crippen LogP contribution in [0.4, 0.5) is 4.39 Å². The van der Waals surface area contributed by atoms with Crippen molar-refractivity contribution in [3.05, 3.63) is 87.7 Å². The molecule has 0 atom stereocenters. The minimum atomic E-state index is -0.351. The predicted octanol–water partition coefficient (Wildman–Crippen LogP) is 3.13. The Morgan fingerprint density at radius 2 is 1.88 bits per heavy atom. The van der Waals surface area contributed by atoms with Gasteiger partial charge in [-0.1, -0.05) is 23.7 Å². The van der Waals surface area contributed by atoms with Crippen molar-refractivity contribution in [2.75, 3.05) is 6.54 Å². The molecule has 3 aromatic rings. The van der Waals surface area contributed by atoms with Gasteiger partial charge in [0.2, 0.25) is 0 Å². The minimum Gasteiger partial charge on any atom is -0.350 e. The Morgan fingerprint density at radius 3 is 2.58 bits per heavy atom. The average Bonchev–Trinajstić information content (AvgIpc) is 2.64. The second-order valence-electron chi connectivity index (χ2n) is 5.55. The van der Waals surface area contributed by atoms with E-state index in [0.29, 0.717) is 21.8 Å². The third kappa shape index (κ3) is 4.15. The highest BCUT2D eigenvalue weighted by Gasteiger charge is 2.09. The van der Waals surface area contributed by atoms with Crippen LogP contribution in [0.5, 0.6) is 0 Å². The fourth-order valence-corrected chi connectivity index (χ4v) is 2.62. The van der Waals surface area contributed by atoms with Gasteiger partial charge < -0.3 is 5.32 Å². The molecule has 0 fully saturated rings. The third-order valence-electron chi connectivity index (χ3n) is 3.78. The maximum Gasteiger partial charge on any atom is 0.253 e. The number of halogens is 2. The molecule has 3 rings (SSSR count). The summed E-state index contributed by atoms with van der Waals surface area (Å²) >= 11 is 5.98. The van der Waals surface area contributed by atoms with E-state index in [1.165, 1.54) is 29.1 Å². The average molecular weight is 372 g/mol. The van der Waals surface area contributed by atoms with E-state index < -0.39 is 0 Å². The Morgan fingerprint density at radius 1 is 1.15 bits per heavy atom. The first-order chi connectivity index (χ1) is 12.5.